The summed E-state index contributed by atoms with van der Waals surface area (Å²) in [6.45, 7) is -2.88. The second-order valence-corrected chi connectivity index (χ2v) is 12.0. The normalized spacial score (nSPS) is 16.5. The molecule has 42 heavy (non-hydrogen) atoms. The van der Waals surface area contributed by atoms with Gasteiger partial charge in [0.15, 0.2) is 0 Å². The summed E-state index contributed by atoms with van der Waals surface area (Å²) in [5, 5.41) is 17.1. The quantitative estimate of drug-likeness (QED) is 0.100. The van der Waals surface area contributed by atoms with E-state index in [4.69, 9.17) is 10.2 Å². The van der Waals surface area contributed by atoms with Crippen LogP contribution in [0, 0.1) is 11.8 Å². The summed E-state index contributed by atoms with van der Waals surface area (Å²) < 4.78 is 55.6. The van der Waals surface area contributed by atoms with Crippen molar-refractivity contribution in [1.29, 1.82) is 0 Å². The molecule has 1 aromatic carbocycles. The van der Waals surface area contributed by atoms with Crippen molar-refractivity contribution in [2.24, 2.45) is 11.8 Å². The Labute approximate surface area is 235 Å². The number of nitrogens with one attached hydrogen (secondary N) is 1. The zero-order chi connectivity index (χ0) is 31.2. The molecule has 0 saturated carbocycles. The molecule has 17 nitrogen and oxygen atoms in total. The van der Waals surface area contributed by atoms with Gasteiger partial charge in [0.25, 0.3) is 37.9 Å². The van der Waals surface area contributed by atoms with Crippen molar-refractivity contribution in [1.82, 2.24) is 14.7 Å². The minimum absolute atomic E-state index is 0.263. The van der Waals surface area contributed by atoms with Crippen molar-refractivity contribution in [2.75, 3.05) is 39.6 Å². The predicted octanol–water partition coefficient (Wildman–Crippen LogP) is -2.03. The first-order chi connectivity index (χ1) is 19.8. The average molecular weight is 639 g/mol. The van der Waals surface area contributed by atoms with Crippen molar-refractivity contribution >= 4 is 37.2 Å². The van der Waals surface area contributed by atoms with Crippen LogP contribution in [0.2, 0.25) is 0 Å². The number of fused-ring (bicyclic) bond motifs is 2. The van der Waals surface area contributed by atoms with E-state index >= 15 is 0 Å². The van der Waals surface area contributed by atoms with Gasteiger partial charge in [0.05, 0.1) is 47.9 Å². The molecule has 0 aliphatic rings. The van der Waals surface area contributed by atoms with Crippen LogP contribution >= 0.6 is 15.6 Å². The van der Waals surface area contributed by atoms with Crippen molar-refractivity contribution in [2.45, 2.75) is 26.6 Å². The molecular weight excluding hydrogens is 611 g/mol. The Morgan fingerprint density at radius 1 is 0.810 bits per heavy atom. The van der Waals surface area contributed by atoms with E-state index in [9.17, 15) is 42.6 Å². The molecule has 3 N–H and O–H groups in total. The topological polar surface area (TPSA) is 248 Å². The monoisotopic (exact) mass is 639 g/mol. The van der Waals surface area contributed by atoms with E-state index in [0.717, 1.165) is 12.1 Å². The van der Waals surface area contributed by atoms with Crippen LogP contribution in [0.25, 0.3) is 21.5 Å². The van der Waals surface area contributed by atoms with E-state index in [1.807, 2.05) is 0 Å². The van der Waals surface area contributed by atoms with Crippen molar-refractivity contribution in [3.63, 3.8) is 0 Å². The Morgan fingerprint density at radius 2 is 1.26 bits per heavy atom. The fraction of sp³-hybridized carbons (Fsp3) is 0.545. The van der Waals surface area contributed by atoms with Crippen LogP contribution in [-0.4, -0.2) is 58.9 Å². The van der Waals surface area contributed by atoms with Crippen molar-refractivity contribution in [3.8, 4) is 0 Å². The smallest absolute Gasteiger partial charge is 0.269 e. The van der Waals surface area contributed by atoms with E-state index < -0.39 is 82.8 Å². The van der Waals surface area contributed by atoms with E-state index in [-0.39, 0.29) is 41.3 Å². The Morgan fingerprint density at radius 3 is 1.71 bits per heavy atom. The third-order valence-electron chi connectivity index (χ3n) is 6.37. The Balaban J connectivity index is 1.77. The summed E-state index contributed by atoms with van der Waals surface area (Å²) in [5.41, 5.74) is -2.58. The number of hydrogen-bond donors (Lipinski definition) is 3. The van der Waals surface area contributed by atoms with Crippen LogP contribution in [0.4, 0.5) is 4.48 Å². The molecule has 0 radical (unpaired) electrons. The van der Waals surface area contributed by atoms with Crippen LogP contribution in [-0.2, 0) is 40.5 Å². The molecule has 4 atom stereocenters. The minimum Gasteiger partial charge on any atom is -0.756 e. The molecule has 2 heterocycles. The highest BCUT2D eigenvalue weighted by Crippen LogP contribution is 2.39. The van der Waals surface area contributed by atoms with Gasteiger partial charge in [-0.05, 0) is 18.6 Å². The molecule has 0 bridgehead atoms. The largest absolute Gasteiger partial charge is 0.756 e. The van der Waals surface area contributed by atoms with Gasteiger partial charge in [-0.1, -0.05) is 6.92 Å². The number of aliphatic hydroxyl groups is 2. The lowest BCUT2D eigenvalue weighted by atomic mass is 10.1. The zero-order valence-electron chi connectivity index (χ0n) is 22.1. The van der Waals surface area contributed by atoms with Gasteiger partial charge in [0.2, 0.25) is 0 Å². The number of aliphatic hydroxyl groups excluding tert-OH is 2. The Bertz CT molecular complexity index is 1620. The van der Waals surface area contributed by atoms with Gasteiger partial charge in [-0.25, -0.2) is 4.57 Å². The van der Waals surface area contributed by atoms with Gasteiger partial charge >= 0.3 is 0 Å². The zero-order valence-corrected chi connectivity index (χ0v) is 23.9. The third-order valence-corrected chi connectivity index (χ3v) is 8.23. The molecule has 0 saturated heterocycles. The standard InChI is InChI=1S/C22H30FN3O14P2/c1-2-13(8-27)10-38-42(35,36)40-12-26-21(31)17-5-15-16(6-18(17)22(26)32)20(30)25(19(15)29)3-4-37-41(33,34)39-11-14(9-28)7-24-23/h5-6,13-14,24,27-28H,2-4,7-12H2,1H3,(H,33,34)(H,35,36)/p-2. The maximum absolute atomic E-state index is 12.8. The van der Waals surface area contributed by atoms with Crippen molar-refractivity contribution in [3.05, 3.63) is 53.5 Å². The number of rotatable bonds is 18. The number of benzene rings is 1. The van der Waals surface area contributed by atoms with Crippen LogP contribution in [0.1, 0.15) is 13.3 Å². The highest BCUT2D eigenvalue weighted by Gasteiger charge is 2.22. The molecule has 3 aromatic rings. The predicted molar refractivity (Wildman–Crippen MR) is 140 cm³/mol. The first-order valence-corrected chi connectivity index (χ1v) is 15.4. The molecule has 0 aliphatic heterocycles. The molecule has 2 aromatic heterocycles. The number of halogens is 1. The molecule has 20 heteroatoms. The second kappa shape index (κ2) is 14.3. The molecule has 234 valence electrons. The summed E-state index contributed by atoms with van der Waals surface area (Å²) in [7, 11) is -9.92. The average Bonchev–Trinajstić information content (AvgIpc) is 3.33. The summed E-state index contributed by atoms with van der Waals surface area (Å²) in [6, 6.07) is 1.98. The van der Waals surface area contributed by atoms with Gasteiger partial charge in [0, 0.05) is 31.6 Å². The van der Waals surface area contributed by atoms with E-state index in [1.165, 1.54) is 5.54 Å². The first kappa shape index (κ1) is 34.0. The maximum atomic E-state index is 12.8. The fourth-order valence-corrected chi connectivity index (χ4v) is 5.32. The number of hydrogen-bond acceptors (Lipinski definition) is 15. The molecule has 0 aliphatic carbocycles. The van der Waals surface area contributed by atoms with E-state index in [2.05, 4.69) is 18.1 Å². The van der Waals surface area contributed by atoms with Gasteiger partial charge in [-0.2, -0.15) is 5.54 Å². The van der Waals surface area contributed by atoms with Gasteiger partial charge in [0.1, 0.15) is 6.73 Å². The first-order valence-electron chi connectivity index (χ1n) is 12.4. The lowest BCUT2D eigenvalue weighted by Crippen LogP contribution is -2.28. The van der Waals surface area contributed by atoms with E-state index in [1.54, 1.807) is 6.92 Å². The van der Waals surface area contributed by atoms with Gasteiger partial charge in [-0.3, -0.25) is 37.4 Å². The summed E-state index contributed by atoms with van der Waals surface area (Å²) in [4.78, 5) is 75.3. The molecule has 0 amide bonds. The van der Waals surface area contributed by atoms with Crippen LogP contribution in [0.5, 0.6) is 0 Å². The Kier molecular flexibility index (Phi) is 11.6. The number of phosphoric ester groups is 2. The highest BCUT2D eigenvalue weighted by molar-refractivity contribution is 7.46. The lowest BCUT2D eigenvalue weighted by Gasteiger charge is -2.24. The number of nitrogens with zero attached hydrogens (tertiary/aromatic N) is 2. The maximum Gasteiger partial charge on any atom is 0.269 e. The summed E-state index contributed by atoms with van der Waals surface area (Å²) in [6.07, 6.45) is 0.419. The molecule has 4 unspecified atom stereocenters. The van der Waals surface area contributed by atoms with Crippen LogP contribution in [0.3, 0.4) is 0 Å². The Hall–Kier alpha value is -2.47. The van der Waals surface area contributed by atoms with Gasteiger partial charge < -0.3 is 33.6 Å². The molecule has 0 spiro atoms. The second-order valence-electron chi connectivity index (χ2n) is 9.16. The summed E-state index contributed by atoms with van der Waals surface area (Å²) >= 11 is 0. The van der Waals surface area contributed by atoms with Crippen LogP contribution in [0.15, 0.2) is 31.3 Å². The number of phosphoric acid groups is 2. The summed E-state index contributed by atoms with van der Waals surface area (Å²) in [5.74, 6) is -1.37. The highest BCUT2D eigenvalue weighted by atomic mass is 31.2. The third kappa shape index (κ3) is 7.92. The van der Waals surface area contributed by atoms with Crippen molar-refractivity contribution < 1.29 is 51.7 Å². The molecule has 3 rings (SSSR count). The van der Waals surface area contributed by atoms with E-state index in [0.29, 0.717) is 15.6 Å². The molecular formula is C22H28FN3O14P2-2. The molecule has 0 fully saturated rings. The minimum atomic E-state index is -4.97. The number of aromatic nitrogens is 2. The fourth-order valence-electron chi connectivity index (χ4n) is 3.82. The SMILES string of the molecule is CCC(CO)COP(=O)([O-])OCn1c(=O)c2cc3c(=O)n(CCOP(=O)([O-])OCC(CO)CNF)c(=O)c3cc2c1=O. The lowest BCUT2D eigenvalue weighted by molar-refractivity contribution is -0.230. The van der Waals surface area contributed by atoms with Gasteiger partial charge in [-0.15, -0.1) is 4.48 Å². The van der Waals surface area contributed by atoms with Crippen LogP contribution < -0.4 is 37.6 Å².